The summed E-state index contributed by atoms with van der Waals surface area (Å²) in [5, 5.41) is 0. The van der Waals surface area contributed by atoms with Gasteiger partial charge in [-0.2, -0.15) is 0 Å². The molecule has 4 nitrogen and oxygen atoms in total. The van der Waals surface area contributed by atoms with Gasteiger partial charge in [-0.3, -0.25) is 4.79 Å². The van der Waals surface area contributed by atoms with Crippen LogP contribution >= 0.6 is 0 Å². The van der Waals surface area contributed by atoms with Gasteiger partial charge < -0.3 is 15.0 Å². The van der Waals surface area contributed by atoms with Gasteiger partial charge in [-0.1, -0.05) is 23.8 Å². The smallest absolute Gasteiger partial charge is 0.250 e. The van der Waals surface area contributed by atoms with Crippen molar-refractivity contribution < 1.29 is 9.53 Å². The zero-order chi connectivity index (χ0) is 17.0. The second-order valence-corrected chi connectivity index (χ2v) is 5.91. The Hall–Kier alpha value is -2.07. The largest absolute Gasteiger partial charge is 0.382 e. The normalized spacial score (nSPS) is 11.0. The van der Waals surface area contributed by atoms with Gasteiger partial charge in [0, 0.05) is 36.7 Å². The Bertz CT molecular complexity index is 702. The Morgan fingerprint density at radius 3 is 2.57 bits per heavy atom. The average Bonchev–Trinajstić information content (AvgIpc) is 2.81. The van der Waals surface area contributed by atoms with Gasteiger partial charge >= 0.3 is 0 Å². The summed E-state index contributed by atoms with van der Waals surface area (Å²) in [4.78, 5) is 11.7. The van der Waals surface area contributed by atoms with E-state index in [9.17, 15) is 4.79 Å². The molecule has 0 saturated carbocycles. The molecule has 124 valence electrons. The van der Waals surface area contributed by atoms with Crippen molar-refractivity contribution in [3.63, 3.8) is 0 Å². The summed E-state index contributed by atoms with van der Waals surface area (Å²) in [5.74, 6) is -0.378. The molecule has 23 heavy (non-hydrogen) atoms. The van der Waals surface area contributed by atoms with E-state index in [0.29, 0.717) is 12.2 Å². The Kier molecular flexibility index (Phi) is 5.61. The molecule has 0 unspecified atom stereocenters. The number of rotatable bonds is 7. The number of ether oxygens (including phenoxy) is 1. The number of aromatic nitrogens is 1. The molecule has 0 atom stereocenters. The summed E-state index contributed by atoms with van der Waals surface area (Å²) in [6, 6.07) is 8.28. The van der Waals surface area contributed by atoms with E-state index < -0.39 is 0 Å². The Morgan fingerprint density at radius 1 is 1.22 bits per heavy atom. The molecule has 0 bridgehead atoms. The minimum absolute atomic E-state index is 0.378. The third-order valence-corrected chi connectivity index (χ3v) is 4.16. The molecule has 4 heteroatoms. The van der Waals surface area contributed by atoms with Crippen LogP contribution in [0.3, 0.4) is 0 Å². The van der Waals surface area contributed by atoms with Crippen LogP contribution in [0.4, 0.5) is 0 Å². The van der Waals surface area contributed by atoms with Crippen LogP contribution in [0.15, 0.2) is 24.3 Å². The maximum atomic E-state index is 11.7. The van der Waals surface area contributed by atoms with Crippen molar-refractivity contribution in [2.75, 3.05) is 13.2 Å². The van der Waals surface area contributed by atoms with E-state index in [1.54, 1.807) is 0 Å². The fourth-order valence-electron chi connectivity index (χ4n) is 2.98. The van der Waals surface area contributed by atoms with Crippen LogP contribution in [0.25, 0.3) is 11.3 Å². The number of nitrogens with zero attached hydrogens (tertiary/aromatic N) is 1. The standard InChI is InChI=1S/C19H26N2O2/c1-5-23-10-6-9-21-15(4)17(19(20)22)12-18(21)16-8-7-13(2)11-14(16)3/h7-8,11-12H,5-6,9-10H2,1-4H3,(H2,20,22). The van der Waals surface area contributed by atoms with Gasteiger partial charge in [0.05, 0.1) is 5.56 Å². The number of primary amides is 1. The van der Waals surface area contributed by atoms with E-state index in [4.69, 9.17) is 10.5 Å². The van der Waals surface area contributed by atoms with Crippen molar-refractivity contribution in [1.82, 2.24) is 4.57 Å². The summed E-state index contributed by atoms with van der Waals surface area (Å²) in [5.41, 5.74) is 11.7. The van der Waals surface area contributed by atoms with Crippen LogP contribution in [0, 0.1) is 20.8 Å². The molecular weight excluding hydrogens is 288 g/mol. The first-order valence-corrected chi connectivity index (χ1v) is 8.11. The van der Waals surface area contributed by atoms with E-state index >= 15 is 0 Å². The highest BCUT2D eigenvalue weighted by atomic mass is 16.5. The molecule has 1 heterocycles. The molecule has 1 aromatic carbocycles. The van der Waals surface area contributed by atoms with Crippen molar-refractivity contribution in [2.45, 2.75) is 40.7 Å². The molecule has 2 aromatic rings. The van der Waals surface area contributed by atoms with E-state index in [-0.39, 0.29) is 5.91 Å². The van der Waals surface area contributed by atoms with Crippen LogP contribution in [-0.2, 0) is 11.3 Å². The topological polar surface area (TPSA) is 57.2 Å². The molecule has 0 spiro atoms. The van der Waals surface area contributed by atoms with Gasteiger partial charge in [0.15, 0.2) is 0 Å². The van der Waals surface area contributed by atoms with E-state index in [0.717, 1.165) is 36.5 Å². The van der Waals surface area contributed by atoms with E-state index in [1.165, 1.54) is 11.1 Å². The van der Waals surface area contributed by atoms with Gasteiger partial charge in [-0.25, -0.2) is 0 Å². The highest BCUT2D eigenvalue weighted by Gasteiger charge is 2.17. The maximum absolute atomic E-state index is 11.7. The molecule has 0 radical (unpaired) electrons. The first-order valence-electron chi connectivity index (χ1n) is 8.11. The monoisotopic (exact) mass is 314 g/mol. The summed E-state index contributed by atoms with van der Waals surface area (Å²) < 4.78 is 7.61. The highest BCUT2D eigenvalue weighted by molar-refractivity contribution is 5.95. The number of carbonyl (C=O) groups is 1. The molecule has 0 aliphatic carbocycles. The molecule has 0 saturated heterocycles. The zero-order valence-electron chi connectivity index (χ0n) is 14.5. The second-order valence-electron chi connectivity index (χ2n) is 5.91. The van der Waals surface area contributed by atoms with E-state index in [1.807, 2.05) is 19.9 Å². The van der Waals surface area contributed by atoms with Crippen LogP contribution in [0.2, 0.25) is 0 Å². The minimum Gasteiger partial charge on any atom is -0.382 e. The Labute approximate surface area is 138 Å². The average molecular weight is 314 g/mol. The summed E-state index contributed by atoms with van der Waals surface area (Å²) in [6.45, 7) is 10.4. The van der Waals surface area contributed by atoms with Crippen molar-refractivity contribution in [3.05, 3.63) is 46.6 Å². The molecule has 2 rings (SSSR count). The number of benzene rings is 1. The van der Waals surface area contributed by atoms with Gasteiger partial charge in [-0.15, -0.1) is 0 Å². The van der Waals surface area contributed by atoms with Crippen LogP contribution < -0.4 is 5.73 Å². The van der Waals surface area contributed by atoms with Gasteiger partial charge in [0.25, 0.3) is 5.91 Å². The predicted octanol–water partition coefficient (Wildman–Crippen LogP) is 3.61. The van der Waals surface area contributed by atoms with Crippen molar-refractivity contribution >= 4 is 5.91 Å². The number of aryl methyl sites for hydroxylation is 2. The first-order chi connectivity index (χ1) is 11.0. The van der Waals surface area contributed by atoms with Gasteiger partial charge in [0.1, 0.15) is 0 Å². The third-order valence-electron chi connectivity index (χ3n) is 4.16. The summed E-state index contributed by atoms with van der Waals surface area (Å²) >= 11 is 0. The van der Waals surface area contributed by atoms with Crippen molar-refractivity contribution in [1.29, 1.82) is 0 Å². The lowest BCUT2D eigenvalue weighted by Gasteiger charge is -2.14. The van der Waals surface area contributed by atoms with Crippen molar-refractivity contribution in [3.8, 4) is 11.3 Å². The number of carbonyl (C=O) groups excluding carboxylic acids is 1. The predicted molar refractivity (Wildman–Crippen MR) is 93.7 cm³/mol. The van der Waals surface area contributed by atoms with E-state index in [2.05, 4.69) is 36.6 Å². The number of hydrogen-bond donors (Lipinski definition) is 1. The quantitative estimate of drug-likeness (QED) is 0.794. The molecule has 1 amide bonds. The van der Waals surface area contributed by atoms with Crippen molar-refractivity contribution in [2.24, 2.45) is 5.73 Å². The van der Waals surface area contributed by atoms with Gasteiger partial charge in [0.2, 0.25) is 0 Å². The molecule has 1 aromatic heterocycles. The first kappa shape index (κ1) is 17.3. The van der Waals surface area contributed by atoms with Crippen LogP contribution in [-0.4, -0.2) is 23.7 Å². The number of nitrogens with two attached hydrogens (primary N) is 1. The SMILES string of the molecule is CCOCCCn1c(-c2ccc(C)cc2C)cc(C(N)=O)c1C. The minimum atomic E-state index is -0.378. The summed E-state index contributed by atoms with van der Waals surface area (Å²) in [6.07, 6.45) is 0.902. The molecule has 0 aliphatic heterocycles. The van der Waals surface area contributed by atoms with Gasteiger partial charge in [-0.05, 0) is 45.7 Å². The Balaban J connectivity index is 2.44. The fraction of sp³-hybridized carbons (Fsp3) is 0.421. The molecular formula is C19H26N2O2. The molecule has 0 aliphatic rings. The number of amides is 1. The third kappa shape index (κ3) is 3.82. The Morgan fingerprint density at radius 2 is 1.96 bits per heavy atom. The maximum Gasteiger partial charge on any atom is 0.250 e. The fourth-order valence-corrected chi connectivity index (χ4v) is 2.98. The second kappa shape index (κ2) is 7.47. The number of hydrogen-bond acceptors (Lipinski definition) is 2. The highest BCUT2D eigenvalue weighted by Crippen LogP contribution is 2.29. The zero-order valence-corrected chi connectivity index (χ0v) is 14.5. The lowest BCUT2D eigenvalue weighted by Crippen LogP contribution is -2.13. The molecule has 0 fully saturated rings. The molecule has 2 N–H and O–H groups in total. The lowest BCUT2D eigenvalue weighted by atomic mass is 10.0. The van der Waals surface area contributed by atoms with Crippen LogP contribution in [0.1, 0.15) is 40.5 Å². The van der Waals surface area contributed by atoms with Crippen LogP contribution in [0.5, 0.6) is 0 Å². The summed E-state index contributed by atoms with van der Waals surface area (Å²) in [7, 11) is 0. The lowest BCUT2D eigenvalue weighted by molar-refractivity contribution is 0.0999.